The molecule has 0 heterocycles. The van der Waals surface area contributed by atoms with Crippen molar-refractivity contribution in [3.8, 4) is 5.75 Å². The monoisotopic (exact) mass is 300 g/mol. The quantitative estimate of drug-likeness (QED) is 0.692. The number of carbonyl (C=O) groups excluding carboxylic acids is 1. The number of nitrogens with zero attached hydrogens (tertiary/aromatic N) is 1. The lowest BCUT2D eigenvalue weighted by molar-refractivity contribution is -0.384. The second-order valence-corrected chi connectivity index (χ2v) is 4.89. The van der Waals surface area contributed by atoms with Crippen molar-refractivity contribution in [3.05, 3.63) is 63.2 Å². The molecule has 6 nitrogen and oxygen atoms in total. The van der Waals surface area contributed by atoms with E-state index in [0.717, 1.165) is 11.1 Å². The van der Waals surface area contributed by atoms with E-state index < -0.39 is 4.92 Å². The lowest BCUT2D eigenvalue weighted by Crippen LogP contribution is -2.13. The van der Waals surface area contributed by atoms with Gasteiger partial charge < -0.3 is 10.1 Å². The second-order valence-electron chi connectivity index (χ2n) is 4.89. The van der Waals surface area contributed by atoms with Gasteiger partial charge in [-0.05, 0) is 43.2 Å². The lowest BCUT2D eigenvalue weighted by atomic mass is 10.1. The summed E-state index contributed by atoms with van der Waals surface area (Å²) in [6.45, 7) is 3.88. The molecule has 0 saturated carbocycles. The Morgan fingerprint density at radius 3 is 2.45 bits per heavy atom. The van der Waals surface area contributed by atoms with Crippen molar-refractivity contribution < 1.29 is 14.5 Å². The molecule has 114 valence electrons. The molecule has 1 N–H and O–H groups in total. The normalized spacial score (nSPS) is 10.1. The topological polar surface area (TPSA) is 81.5 Å². The molecule has 0 radical (unpaired) electrons. The fraction of sp³-hybridized carbons (Fsp3) is 0.188. The van der Waals surface area contributed by atoms with E-state index in [4.69, 9.17) is 4.74 Å². The van der Waals surface area contributed by atoms with Gasteiger partial charge in [-0.1, -0.05) is 6.07 Å². The number of non-ortho nitro benzene ring substituents is 1. The van der Waals surface area contributed by atoms with Gasteiger partial charge in [0, 0.05) is 17.7 Å². The fourth-order valence-electron chi connectivity index (χ4n) is 1.98. The minimum absolute atomic E-state index is 0.115. The SMILES string of the molecule is COc1ccc([N+](=O)[O-])cc1NC(=O)c1ccc(C)c(C)c1. The number of nitro groups is 1. The average molecular weight is 300 g/mol. The highest BCUT2D eigenvalue weighted by Crippen LogP contribution is 2.29. The van der Waals surface area contributed by atoms with Crippen LogP contribution in [0.5, 0.6) is 5.75 Å². The van der Waals surface area contributed by atoms with Crippen LogP contribution >= 0.6 is 0 Å². The molecule has 22 heavy (non-hydrogen) atoms. The lowest BCUT2D eigenvalue weighted by Gasteiger charge is -2.11. The number of rotatable bonds is 4. The van der Waals surface area contributed by atoms with E-state index in [1.54, 1.807) is 12.1 Å². The van der Waals surface area contributed by atoms with Crippen molar-refractivity contribution in [2.45, 2.75) is 13.8 Å². The van der Waals surface area contributed by atoms with Crippen molar-refractivity contribution in [2.75, 3.05) is 12.4 Å². The Hall–Kier alpha value is -2.89. The van der Waals surface area contributed by atoms with Crippen LogP contribution in [0, 0.1) is 24.0 Å². The zero-order chi connectivity index (χ0) is 16.3. The summed E-state index contributed by atoms with van der Waals surface area (Å²) in [5, 5.41) is 13.5. The first kappa shape index (κ1) is 15.5. The zero-order valence-corrected chi connectivity index (χ0v) is 12.5. The maximum Gasteiger partial charge on any atom is 0.271 e. The number of hydrogen-bond acceptors (Lipinski definition) is 4. The van der Waals surface area contributed by atoms with Gasteiger partial charge in [0.25, 0.3) is 11.6 Å². The van der Waals surface area contributed by atoms with Gasteiger partial charge in [-0.3, -0.25) is 14.9 Å². The largest absolute Gasteiger partial charge is 0.495 e. The van der Waals surface area contributed by atoms with Crippen LogP contribution in [0.3, 0.4) is 0 Å². The molecule has 2 rings (SSSR count). The molecule has 0 saturated heterocycles. The smallest absolute Gasteiger partial charge is 0.271 e. The minimum Gasteiger partial charge on any atom is -0.495 e. The summed E-state index contributed by atoms with van der Waals surface area (Å²) >= 11 is 0. The summed E-state index contributed by atoms with van der Waals surface area (Å²) in [4.78, 5) is 22.6. The van der Waals surface area contributed by atoms with Crippen LogP contribution in [-0.2, 0) is 0 Å². The first-order valence-electron chi connectivity index (χ1n) is 6.63. The van der Waals surface area contributed by atoms with Gasteiger partial charge in [0.1, 0.15) is 5.75 Å². The highest BCUT2D eigenvalue weighted by molar-refractivity contribution is 6.05. The van der Waals surface area contributed by atoms with E-state index in [9.17, 15) is 14.9 Å². The van der Waals surface area contributed by atoms with Crippen LogP contribution in [0.4, 0.5) is 11.4 Å². The molecular formula is C16H16N2O4. The fourth-order valence-corrected chi connectivity index (χ4v) is 1.98. The van der Waals surface area contributed by atoms with Crippen molar-refractivity contribution in [2.24, 2.45) is 0 Å². The van der Waals surface area contributed by atoms with E-state index >= 15 is 0 Å². The Labute approximate surface area is 127 Å². The number of aryl methyl sites for hydroxylation is 2. The maximum atomic E-state index is 12.3. The van der Waals surface area contributed by atoms with E-state index in [1.807, 2.05) is 19.9 Å². The van der Waals surface area contributed by atoms with E-state index in [0.29, 0.717) is 11.3 Å². The number of nitrogens with one attached hydrogen (secondary N) is 1. The zero-order valence-electron chi connectivity index (χ0n) is 12.5. The van der Waals surface area contributed by atoms with Crippen LogP contribution in [0.15, 0.2) is 36.4 Å². The van der Waals surface area contributed by atoms with Crippen LogP contribution < -0.4 is 10.1 Å². The summed E-state index contributed by atoms with van der Waals surface area (Å²) in [5.41, 5.74) is 2.72. The summed E-state index contributed by atoms with van der Waals surface area (Å²) in [5.74, 6) is 0.0182. The summed E-state index contributed by atoms with van der Waals surface area (Å²) in [7, 11) is 1.44. The molecule has 1 amide bonds. The number of carbonyl (C=O) groups is 1. The maximum absolute atomic E-state index is 12.3. The van der Waals surface area contributed by atoms with E-state index in [1.165, 1.54) is 25.3 Å². The van der Waals surface area contributed by atoms with Crippen LogP contribution in [0.1, 0.15) is 21.5 Å². The van der Waals surface area contributed by atoms with Crippen LogP contribution in [0.2, 0.25) is 0 Å². The molecule has 0 aliphatic carbocycles. The van der Waals surface area contributed by atoms with Crippen LogP contribution in [-0.4, -0.2) is 17.9 Å². The number of nitro benzene ring substituents is 1. The number of ether oxygens (including phenoxy) is 1. The van der Waals surface area contributed by atoms with Gasteiger partial charge in [-0.25, -0.2) is 0 Å². The molecule has 0 unspecified atom stereocenters. The van der Waals surface area contributed by atoms with Crippen molar-refractivity contribution in [3.63, 3.8) is 0 Å². The van der Waals surface area contributed by atoms with Gasteiger partial charge in [-0.2, -0.15) is 0 Å². The average Bonchev–Trinajstić information content (AvgIpc) is 2.49. The standard InChI is InChI=1S/C16H16N2O4/c1-10-4-5-12(8-11(10)2)16(19)17-14-9-13(18(20)21)6-7-15(14)22-3/h4-9H,1-3H3,(H,17,19). The molecule has 0 aromatic heterocycles. The summed E-state index contributed by atoms with van der Waals surface area (Å²) in [6.07, 6.45) is 0. The molecule has 2 aromatic rings. The predicted molar refractivity (Wildman–Crippen MR) is 83.5 cm³/mol. The molecule has 2 aromatic carbocycles. The number of anilines is 1. The van der Waals surface area contributed by atoms with E-state index in [-0.39, 0.29) is 17.3 Å². The van der Waals surface area contributed by atoms with Crippen molar-refractivity contribution in [1.82, 2.24) is 0 Å². The van der Waals surface area contributed by atoms with E-state index in [2.05, 4.69) is 5.32 Å². The molecule has 0 aliphatic heterocycles. The van der Waals surface area contributed by atoms with Crippen molar-refractivity contribution in [1.29, 1.82) is 0 Å². The van der Waals surface area contributed by atoms with Crippen LogP contribution in [0.25, 0.3) is 0 Å². The Bertz CT molecular complexity index is 741. The molecule has 0 fully saturated rings. The summed E-state index contributed by atoms with van der Waals surface area (Å²) < 4.78 is 5.12. The Kier molecular flexibility index (Phi) is 4.41. The third-order valence-corrected chi connectivity index (χ3v) is 3.41. The third kappa shape index (κ3) is 3.22. The molecule has 0 atom stereocenters. The summed E-state index contributed by atoms with van der Waals surface area (Å²) in [6, 6.07) is 9.39. The second kappa shape index (κ2) is 6.26. The van der Waals surface area contributed by atoms with Gasteiger partial charge in [-0.15, -0.1) is 0 Å². The first-order chi connectivity index (χ1) is 10.4. The number of amides is 1. The Morgan fingerprint density at radius 1 is 1.14 bits per heavy atom. The molecule has 0 spiro atoms. The van der Waals surface area contributed by atoms with Gasteiger partial charge in [0.05, 0.1) is 17.7 Å². The predicted octanol–water partition coefficient (Wildman–Crippen LogP) is 3.47. The number of methoxy groups -OCH3 is 1. The Balaban J connectivity index is 2.32. The highest BCUT2D eigenvalue weighted by atomic mass is 16.6. The molecule has 6 heteroatoms. The van der Waals surface area contributed by atoms with Gasteiger partial charge in [0.2, 0.25) is 0 Å². The van der Waals surface area contributed by atoms with Gasteiger partial charge in [0.15, 0.2) is 0 Å². The molecule has 0 aliphatic rings. The van der Waals surface area contributed by atoms with Gasteiger partial charge >= 0.3 is 0 Å². The van der Waals surface area contributed by atoms with Crippen molar-refractivity contribution >= 4 is 17.3 Å². The molecule has 0 bridgehead atoms. The highest BCUT2D eigenvalue weighted by Gasteiger charge is 2.15. The first-order valence-corrected chi connectivity index (χ1v) is 6.63. The number of benzene rings is 2. The minimum atomic E-state index is -0.523. The third-order valence-electron chi connectivity index (χ3n) is 3.41. The Morgan fingerprint density at radius 2 is 1.86 bits per heavy atom. The molecular weight excluding hydrogens is 284 g/mol. The number of hydrogen-bond donors (Lipinski definition) is 1.